The molecule has 0 spiro atoms. The second-order valence-corrected chi connectivity index (χ2v) is 4.11. The Bertz CT molecular complexity index is 713. The predicted molar refractivity (Wildman–Crippen MR) is 72.0 cm³/mol. The minimum atomic E-state index is -0.107. The Morgan fingerprint density at radius 1 is 1.11 bits per heavy atom. The molecule has 0 aliphatic rings. The summed E-state index contributed by atoms with van der Waals surface area (Å²) in [7, 11) is 0. The Labute approximate surface area is 110 Å². The second-order valence-electron chi connectivity index (χ2n) is 4.11. The molecule has 1 aromatic carbocycles. The normalized spacial score (nSPS) is 10.6. The summed E-state index contributed by atoms with van der Waals surface area (Å²) in [5, 5.41) is 10.2. The number of aromatic nitrogens is 2. The molecule has 3 rings (SSSR count). The van der Waals surface area contributed by atoms with E-state index in [1.165, 1.54) is 0 Å². The van der Waals surface area contributed by atoms with Gasteiger partial charge in [0.25, 0.3) is 0 Å². The van der Waals surface area contributed by atoms with E-state index in [-0.39, 0.29) is 6.61 Å². The second kappa shape index (κ2) is 5.04. The van der Waals surface area contributed by atoms with E-state index in [4.69, 9.17) is 4.74 Å². The lowest BCUT2D eigenvalue weighted by Crippen LogP contribution is -1.93. The van der Waals surface area contributed by atoms with E-state index in [9.17, 15) is 5.11 Å². The number of pyridine rings is 2. The molecule has 0 fully saturated rings. The Morgan fingerprint density at radius 2 is 2.00 bits per heavy atom. The number of aliphatic hydroxyl groups is 1. The first-order valence-electron chi connectivity index (χ1n) is 5.93. The minimum Gasteiger partial charge on any atom is -0.455 e. The number of benzene rings is 1. The number of hydrogen-bond acceptors (Lipinski definition) is 4. The van der Waals surface area contributed by atoms with Crippen LogP contribution in [-0.2, 0) is 6.61 Å². The third-order valence-electron chi connectivity index (χ3n) is 2.82. The molecule has 0 bridgehead atoms. The van der Waals surface area contributed by atoms with E-state index in [0.29, 0.717) is 17.1 Å². The highest BCUT2D eigenvalue weighted by atomic mass is 16.5. The highest BCUT2D eigenvalue weighted by Gasteiger charge is 2.05. The summed E-state index contributed by atoms with van der Waals surface area (Å²) in [5.74, 6) is 1.23. The van der Waals surface area contributed by atoms with Crippen LogP contribution < -0.4 is 4.74 Å². The first-order valence-corrected chi connectivity index (χ1v) is 5.93. The largest absolute Gasteiger partial charge is 0.455 e. The average molecular weight is 252 g/mol. The third kappa shape index (κ3) is 2.39. The molecule has 2 heterocycles. The van der Waals surface area contributed by atoms with Crippen LogP contribution in [0.15, 0.2) is 55.0 Å². The maximum atomic E-state index is 9.23. The molecule has 2 aromatic heterocycles. The van der Waals surface area contributed by atoms with Gasteiger partial charge in [-0.15, -0.1) is 0 Å². The summed E-state index contributed by atoms with van der Waals surface area (Å²) in [4.78, 5) is 8.28. The van der Waals surface area contributed by atoms with Crippen molar-refractivity contribution in [1.82, 2.24) is 9.97 Å². The molecule has 0 unspecified atom stereocenters. The first-order chi connectivity index (χ1) is 9.36. The van der Waals surface area contributed by atoms with Crippen molar-refractivity contribution in [2.24, 2.45) is 0 Å². The topological polar surface area (TPSA) is 55.2 Å². The van der Waals surface area contributed by atoms with Gasteiger partial charge < -0.3 is 9.84 Å². The van der Waals surface area contributed by atoms with Gasteiger partial charge in [-0.2, -0.15) is 0 Å². The first kappa shape index (κ1) is 11.6. The van der Waals surface area contributed by atoms with Crippen molar-refractivity contribution in [1.29, 1.82) is 0 Å². The van der Waals surface area contributed by atoms with Crippen molar-refractivity contribution in [3.63, 3.8) is 0 Å². The third-order valence-corrected chi connectivity index (χ3v) is 2.82. The van der Waals surface area contributed by atoms with Crippen LogP contribution in [-0.4, -0.2) is 15.1 Å². The van der Waals surface area contributed by atoms with Gasteiger partial charge in [0.15, 0.2) is 0 Å². The number of ether oxygens (including phenoxy) is 1. The Kier molecular flexibility index (Phi) is 3.08. The lowest BCUT2D eigenvalue weighted by atomic mass is 10.2. The lowest BCUT2D eigenvalue weighted by molar-refractivity contribution is 0.276. The van der Waals surface area contributed by atoms with Gasteiger partial charge in [-0.05, 0) is 18.2 Å². The van der Waals surface area contributed by atoms with Gasteiger partial charge in [0, 0.05) is 23.3 Å². The van der Waals surface area contributed by atoms with E-state index in [0.717, 1.165) is 10.9 Å². The fraction of sp³-hybridized carbons (Fsp3) is 0.0667. The summed E-state index contributed by atoms with van der Waals surface area (Å²) in [6.07, 6.45) is 4.89. The van der Waals surface area contributed by atoms with Crippen LogP contribution in [0.4, 0.5) is 0 Å². The zero-order valence-corrected chi connectivity index (χ0v) is 10.2. The monoisotopic (exact) mass is 252 g/mol. The van der Waals surface area contributed by atoms with E-state index >= 15 is 0 Å². The Balaban J connectivity index is 1.96. The van der Waals surface area contributed by atoms with Crippen molar-refractivity contribution in [2.75, 3.05) is 0 Å². The number of fused-ring (bicyclic) bond motifs is 1. The molecule has 0 amide bonds. The molecule has 4 nitrogen and oxygen atoms in total. The van der Waals surface area contributed by atoms with Gasteiger partial charge in [0.05, 0.1) is 18.3 Å². The zero-order valence-electron chi connectivity index (χ0n) is 10.2. The SMILES string of the molecule is OCc1cnccc1Oc1cnc2ccccc2c1. The molecule has 0 aliphatic carbocycles. The van der Waals surface area contributed by atoms with Crippen LogP contribution in [0.1, 0.15) is 5.56 Å². The summed E-state index contributed by atoms with van der Waals surface area (Å²) in [6, 6.07) is 11.5. The fourth-order valence-electron chi connectivity index (χ4n) is 1.87. The van der Waals surface area contributed by atoms with E-state index in [1.54, 1.807) is 24.7 Å². The standard InChI is InChI=1S/C15H12N2O2/c18-10-12-8-16-6-5-15(12)19-13-7-11-3-1-2-4-14(11)17-9-13/h1-9,18H,10H2. The van der Waals surface area contributed by atoms with Crippen LogP contribution in [0.2, 0.25) is 0 Å². The van der Waals surface area contributed by atoms with Crippen LogP contribution in [0.5, 0.6) is 11.5 Å². The Hall–Kier alpha value is -2.46. The molecule has 94 valence electrons. The highest BCUT2D eigenvalue weighted by Crippen LogP contribution is 2.26. The van der Waals surface area contributed by atoms with Crippen LogP contribution in [0.3, 0.4) is 0 Å². The smallest absolute Gasteiger partial charge is 0.146 e. The summed E-state index contributed by atoms with van der Waals surface area (Å²) < 4.78 is 5.75. The van der Waals surface area contributed by atoms with Crippen molar-refractivity contribution < 1.29 is 9.84 Å². The molecule has 0 saturated heterocycles. The molecule has 0 saturated carbocycles. The summed E-state index contributed by atoms with van der Waals surface area (Å²) in [5.41, 5.74) is 1.57. The van der Waals surface area contributed by atoms with Gasteiger partial charge in [-0.25, -0.2) is 0 Å². The van der Waals surface area contributed by atoms with Gasteiger partial charge in [0.1, 0.15) is 11.5 Å². The minimum absolute atomic E-state index is 0.107. The highest BCUT2D eigenvalue weighted by molar-refractivity contribution is 5.79. The number of para-hydroxylation sites is 1. The maximum absolute atomic E-state index is 9.23. The molecule has 19 heavy (non-hydrogen) atoms. The van der Waals surface area contributed by atoms with Crippen molar-refractivity contribution in [3.05, 3.63) is 60.6 Å². The lowest BCUT2D eigenvalue weighted by Gasteiger charge is -2.09. The molecular weight excluding hydrogens is 240 g/mol. The maximum Gasteiger partial charge on any atom is 0.146 e. The quantitative estimate of drug-likeness (QED) is 0.778. The van der Waals surface area contributed by atoms with Crippen LogP contribution in [0.25, 0.3) is 10.9 Å². The molecule has 1 N–H and O–H groups in total. The molecule has 4 heteroatoms. The number of aliphatic hydroxyl groups excluding tert-OH is 1. The molecule has 0 atom stereocenters. The van der Waals surface area contributed by atoms with Crippen LogP contribution in [0, 0.1) is 0 Å². The zero-order chi connectivity index (χ0) is 13.1. The number of hydrogen-bond donors (Lipinski definition) is 1. The van der Waals surface area contributed by atoms with Crippen LogP contribution >= 0.6 is 0 Å². The van der Waals surface area contributed by atoms with Gasteiger partial charge in [-0.1, -0.05) is 18.2 Å². The predicted octanol–water partition coefficient (Wildman–Crippen LogP) is 2.91. The van der Waals surface area contributed by atoms with E-state index in [2.05, 4.69) is 9.97 Å². The fourth-order valence-corrected chi connectivity index (χ4v) is 1.87. The Morgan fingerprint density at radius 3 is 2.89 bits per heavy atom. The number of rotatable bonds is 3. The summed E-state index contributed by atoms with van der Waals surface area (Å²) in [6.45, 7) is -0.107. The summed E-state index contributed by atoms with van der Waals surface area (Å²) >= 11 is 0. The molecular formula is C15H12N2O2. The van der Waals surface area contributed by atoms with E-state index < -0.39 is 0 Å². The van der Waals surface area contributed by atoms with Gasteiger partial charge >= 0.3 is 0 Å². The van der Waals surface area contributed by atoms with Gasteiger partial charge in [-0.3, -0.25) is 9.97 Å². The van der Waals surface area contributed by atoms with Crippen molar-refractivity contribution in [3.8, 4) is 11.5 Å². The van der Waals surface area contributed by atoms with Crippen molar-refractivity contribution >= 4 is 10.9 Å². The molecule has 0 aliphatic heterocycles. The van der Waals surface area contributed by atoms with E-state index in [1.807, 2.05) is 30.3 Å². The molecule has 0 radical (unpaired) electrons. The molecule has 3 aromatic rings. The average Bonchev–Trinajstić information content (AvgIpc) is 2.48. The van der Waals surface area contributed by atoms with Crippen molar-refractivity contribution in [2.45, 2.75) is 6.61 Å². The number of nitrogens with zero attached hydrogens (tertiary/aromatic N) is 2. The van der Waals surface area contributed by atoms with Gasteiger partial charge in [0.2, 0.25) is 0 Å².